The van der Waals surface area contributed by atoms with Crippen LogP contribution in [0.3, 0.4) is 0 Å². The number of aromatic nitrogens is 4. The van der Waals surface area contributed by atoms with Crippen LogP contribution in [-0.2, 0) is 7.05 Å². The van der Waals surface area contributed by atoms with E-state index in [1.54, 1.807) is 32.2 Å². The highest BCUT2D eigenvalue weighted by Crippen LogP contribution is 2.27. The molecule has 8 heteroatoms. The number of carbonyl (C=O) groups is 1. The van der Waals surface area contributed by atoms with Crippen molar-refractivity contribution in [3.8, 4) is 22.8 Å². The lowest BCUT2D eigenvalue weighted by atomic mass is 10.1. The second-order valence-corrected chi connectivity index (χ2v) is 6.90. The number of rotatable bonds is 3. The number of para-hydroxylation sites is 1. The number of amides is 1. The van der Waals surface area contributed by atoms with Crippen molar-refractivity contribution in [2.24, 2.45) is 12.8 Å². The number of fused-ring (bicyclic) bond motifs is 1. The molecule has 2 heterocycles. The summed E-state index contributed by atoms with van der Waals surface area (Å²) in [7, 11) is 1.55. The number of imidazole rings is 1. The first-order chi connectivity index (χ1) is 13.8. The normalized spacial score (nSPS) is 11.1. The lowest BCUT2D eigenvalue weighted by Crippen LogP contribution is -2.22. The second-order valence-electron chi connectivity index (χ2n) is 6.90. The zero-order chi connectivity index (χ0) is 20.9. The predicted molar refractivity (Wildman–Crippen MR) is 109 cm³/mol. The molecule has 0 atom stereocenters. The van der Waals surface area contributed by atoms with Gasteiger partial charge in [-0.2, -0.15) is 0 Å². The largest absolute Gasteiger partial charge is 0.508 e. The van der Waals surface area contributed by atoms with Gasteiger partial charge in [0.05, 0.1) is 5.69 Å². The van der Waals surface area contributed by atoms with Gasteiger partial charge in [-0.1, -0.05) is 30.3 Å². The van der Waals surface area contributed by atoms with Crippen LogP contribution in [0.2, 0.25) is 0 Å². The van der Waals surface area contributed by atoms with Gasteiger partial charge in [0.15, 0.2) is 17.2 Å². The van der Waals surface area contributed by atoms with E-state index in [2.05, 4.69) is 9.97 Å². The van der Waals surface area contributed by atoms with Crippen molar-refractivity contribution in [2.45, 2.75) is 13.8 Å². The van der Waals surface area contributed by atoms with Gasteiger partial charge in [0, 0.05) is 12.6 Å². The molecule has 1 amide bonds. The van der Waals surface area contributed by atoms with E-state index >= 15 is 0 Å². The third kappa shape index (κ3) is 2.85. The number of phenolic OH excluding ortho intramolecular Hbond substituents is 1. The second kappa shape index (κ2) is 6.59. The minimum absolute atomic E-state index is 0.0583. The Morgan fingerprint density at radius 3 is 2.45 bits per heavy atom. The molecule has 146 valence electrons. The highest BCUT2D eigenvalue weighted by molar-refractivity contribution is 6.02. The molecule has 4 aromatic rings. The zero-order valence-corrected chi connectivity index (χ0v) is 16.2. The fraction of sp³-hybridized carbons (Fsp3) is 0.143. The molecule has 2 aromatic heterocycles. The monoisotopic (exact) mass is 389 g/mol. The van der Waals surface area contributed by atoms with Crippen LogP contribution in [-0.4, -0.2) is 30.1 Å². The van der Waals surface area contributed by atoms with Gasteiger partial charge in [0.1, 0.15) is 11.3 Å². The maximum Gasteiger partial charge on any atom is 0.334 e. The maximum atomic E-state index is 13.0. The smallest absolute Gasteiger partial charge is 0.334 e. The first-order valence-corrected chi connectivity index (χ1v) is 8.95. The standard InChI is InChI=1S/C21H19N5O3/c1-11-6-4-5-7-14(11)26-20-17(25(3)21(26)29)16(18(22)28)23-19(24-20)13-9-8-12(2)15(27)10-13/h4-10,27H,1-3H3,(H2,22,28). The number of benzene rings is 2. The predicted octanol–water partition coefficient (Wildman–Crippen LogP) is 2.21. The van der Waals surface area contributed by atoms with Crippen molar-refractivity contribution in [3.63, 3.8) is 0 Å². The zero-order valence-electron chi connectivity index (χ0n) is 16.2. The van der Waals surface area contributed by atoms with Crippen LogP contribution < -0.4 is 11.4 Å². The van der Waals surface area contributed by atoms with Gasteiger partial charge in [-0.25, -0.2) is 19.3 Å². The number of aromatic hydroxyl groups is 1. The molecular weight excluding hydrogens is 370 g/mol. The molecule has 0 aliphatic heterocycles. The summed E-state index contributed by atoms with van der Waals surface area (Å²) in [5.74, 6) is -0.502. The number of phenols is 1. The average Bonchev–Trinajstić information content (AvgIpc) is 2.94. The third-order valence-corrected chi connectivity index (χ3v) is 4.95. The molecule has 4 rings (SSSR count). The van der Waals surface area contributed by atoms with Gasteiger partial charge in [-0.05, 0) is 37.1 Å². The highest BCUT2D eigenvalue weighted by Gasteiger charge is 2.23. The molecule has 0 fully saturated rings. The van der Waals surface area contributed by atoms with Crippen LogP contribution in [0.1, 0.15) is 21.6 Å². The van der Waals surface area contributed by atoms with Crippen molar-refractivity contribution >= 4 is 17.1 Å². The molecule has 0 radical (unpaired) electrons. The quantitative estimate of drug-likeness (QED) is 0.557. The number of hydrogen-bond acceptors (Lipinski definition) is 5. The molecule has 0 spiro atoms. The maximum absolute atomic E-state index is 13.0. The summed E-state index contributed by atoms with van der Waals surface area (Å²) in [4.78, 5) is 34.1. The molecule has 29 heavy (non-hydrogen) atoms. The molecule has 8 nitrogen and oxygen atoms in total. The molecule has 0 aliphatic carbocycles. The Balaban J connectivity index is 2.13. The summed E-state index contributed by atoms with van der Waals surface area (Å²) < 4.78 is 2.76. The lowest BCUT2D eigenvalue weighted by Gasteiger charge is -2.09. The van der Waals surface area contributed by atoms with E-state index in [-0.39, 0.29) is 34.1 Å². The molecule has 0 saturated heterocycles. The van der Waals surface area contributed by atoms with Gasteiger partial charge in [0.2, 0.25) is 0 Å². The molecule has 2 aromatic carbocycles. The van der Waals surface area contributed by atoms with E-state index in [0.717, 1.165) is 5.56 Å². The van der Waals surface area contributed by atoms with Gasteiger partial charge >= 0.3 is 5.69 Å². The van der Waals surface area contributed by atoms with E-state index < -0.39 is 5.91 Å². The molecule has 3 N–H and O–H groups in total. The summed E-state index contributed by atoms with van der Waals surface area (Å²) in [5, 5.41) is 10.1. The Labute approximate surface area is 165 Å². The van der Waals surface area contributed by atoms with E-state index in [1.165, 1.54) is 15.2 Å². The Kier molecular flexibility index (Phi) is 4.19. The summed E-state index contributed by atoms with van der Waals surface area (Å²) in [5.41, 5.74) is 8.39. The number of aryl methyl sites for hydroxylation is 3. The summed E-state index contributed by atoms with van der Waals surface area (Å²) in [6.45, 7) is 3.65. The van der Waals surface area contributed by atoms with E-state index in [9.17, 15) is 14.7 Å². The van der Waals surface area contributed by atoms with Crippen molar-refractivity contribution in [1.82, 2.24) is 19.1 Å². The van der Waals surface area contributed by atoms with Crippen LogP contribution in [0.5, 0.6) is 5.75 Å². The third-order valence-electron chi connectivity index (χ3n) is 4.95. The first kappa shape index (κ1) is 18.4. The molecule has 0 bridgehead atoms. The average molecular weight is 389 g/mol. The minimum Gasteiger partial charge on any atom is -0.508 e. The molecular formula is C21H19N5O3. The fourth-order valence-electron chi connectivity index (χ4n) is 3.32. The van der Waals surface area contributed by atoms with Crippen LogP contribution in [0.4, 0.5) is 0 Å². The summed E-state index contributed by atoms with van der Waals surface area (Å²) in [6, 6.07) is 12.4. The van der Waals surface area contributed by atoms with Crippen molar-refractivity contribution in [1.29, 1.82) is 0 Å². The molecule has 0 aliphatic rings. The van der Waals surface area contributed by atoms with Crippen LogP contribution in [0.25, 0.3) is 28.2 Å². The van der Waals surface area contributed by atoms with E-state index in [1.807, 2.05) is 25.1 Å². The van der Waals surface area contributed by atoms with Gasteiger partial charge < -0.3 is 10.8 Å². The Morgan fingerprint density at radius 1 is 1.07 bits per heavy atom. The van der Waals surface area contributed by atoms with Crippen LogP contribution >= 0.6 is 0 Å². The number of nitrogens with two attached hydrogens (primary N) is 1. The van der Waals surface area contributed by atoms with E-state index in [0.29, 0.717) is 16.8 Å². The van der Waals surface area contributed by atoms with Crippen molar-refractivity contribution < 1.29 is 9.90 Å². The van der Waals surface area contributed by atoms with Gasteiger partial charge in [0.25, 0.3) is 5.91 Å². The Hall–Kier alpha value is -3.94. The minimum atomic E-state index is -0.771. The molecule has 0 saturated carbocycles. The van der Waals surface area contributed by atoms with Crippen molar-refractivity contribution in [3.05, 3.63) is 69.8 Å². The topological polar surface area (TPSA) is 116 Å². The summed E-state index contributed by atoms with van der Waals surface area (Å²) >= 11 is 0. The number of hydrogen-bond donors (Lipinski definition) is 2. The Morgan fingerprint density at radius 2 is 1.79 bits per heavy atom. The van der Waals surface area contributed by atoms with Crippen molar-refractivity contribution in [2.75, 3.05) is 0 Å². The van der Waals surface area contributed by atoms with E-state index in [4.69, 9.17) is 5.73 Å². The number of primary amides is 1. The van der Waals surface area contributed by atoms with Gasteiger partial charge in [-0.15, -0.1) is 0 Å². The first-order valence-electron chi connectivity index (χ1n) is 8.95. The number of carbonyl (C=O) groups excluding carboxylic acids is 1. The van der Waals surface area contributed by atoms with Crippen LogP contribution in [0, 0.1) is 13.8 Å². The lowest BCUT2D eigenvalue weighted by molar-refractivity contribution is 0.0997. The van der Waals surface area contributed by atoms with Crippen LogP contribution in [0.15, 0.2) is 47.3 Å². The SMILES string of the molecule is Cc1ccc(-c2nc(C(N)=O)c3c(n2)n(-c2ccccc2C)c(=O)n3C)cc1O. The number of nitrogens with zero attached hydrogens (tertiary/aromatic N) is 4. The highest BCUT2D eigenvalue weighted by atomic mass is 16.3. The Bertz CT molecular complexity index is 1350. The van der Waals surface area contributed by atoms with Gasteiger partial charge in [-0.3, -0.25) is 9.36 Å². The fourth-order valence-corrected chi connectivity index (χ4v) is 3.32. The summed E-state index contributed by atoms with van der Waals surface area (Å²) in [6.07, 6.45) is 0. The molecule has 0 unspecified atom stereocenters.